The Morgan fingerprint density at radius 2 is 1.93 bits per heavy atom. The van der Waals surface area contributed by atoms with Gasteiger partial charge in [0.25, 0.3) is 0 Å². The number of hydrogen-bond acceptors (Lipinski definition) is 2. The van der Waals surface area contributed by atoms with E-state index in [9.17, 15) is 0 Å². The molecule has 3 rings (SSSR count). The van der Waals surface area contributed by atoms with Crippen molar-refractivity contribution in [2.45, 2.75) is 30.8 Å². The van der Waals surface area contributed by atoms with Gasteiger partial charge < -0.3 is 5.73 Å². The molecule has 1 heterocycles. The molecule has 0 bridgehead atoms. The number of nitrogens with two attached hydrogens (primary N) is 1. The van der Waals surface area contributed by atoms with Gasteiger partial charge in [-0.3, -0.25) is 4.90 Å². The van der Waals surface area contributed by atoms with E-state index >= 15 is 0 Å². The molecular weight excluding hydrogens is 184 g/mol. The fourth-order valence-corrected chi connectivity index (χ4v) is 2.83. The summed E-state index contributed by atoms with van der Waals surface area (Å²) in [6.45, 7) is 2.25. The molecule has 15 heavy (non-hydrogen) atoms. The van der Waals surface area contributed by atoms with Gasteiger partial charge in [-0.25, -0.2) is 0 Å². The van der Waals surface area contributed by atoms with Crippen LogP contribution in [0.15, 0.2) is 30.3 Å². The molecule has 0 aromatic heterocycles. The number of likely N-dealkylation sites (tertiary alicyclic amines) is 1. The van der Waals surface area contributed by atoms with Crippen molar-refractivity contribution in [1.82, 2.24) is 4.90 Å². The van der Waals surface area contributed by atoms with Crippen LogP contribution in [0.4, 0.5) is 0 Å². The summed E-state index contributed by atoms with van der Waals surface area (Å²) in [6.07, 6.45) is 3.78. The van der Waals surface area contributed by atoms with Gasteiger partial charge in [0, 0.05) is 24.7 Å². The van der Waals surface area contributed by atoms with Crippen LogP contribution in [0.2, 0.25) is 0 Å². The molecule has 0 spiro atoms. The molecule has 0 radical (unpaired) electrons. The summed E-state index contributed by atoms with van der Waals surface area (Å²) >= 11 is 0. The highest BCUT2D eigenvalue weighted by Crippen LogP contribution is 2.51. The maximum atomic E-state index is 5.99. The predicted octanol–water partition coefficient (Wildman–Crippen LogP) is 1.71. The fourth-order valence-electron chi connectivity index (χ4n) is 2.83. The van der Waals surface area contributed by atoms with Crippen molar-refractivity contribution >= 4 is 0 Å². The van der Waals surface area contributed by atoms with Crippen molar-refractivity contribution in [3.05, 3.63) is 35.9 Å². The molecule has 1 aliphatic carbocycles. The van der Waals surface area contributed by atoms with E-state index in [2.05, 4.69) is 35.2 Å². The Morgan fingerprint density at radius 3 is 2.47 bits per heavy atom. The summed E-state index contributed by atoms with van der Waals surface area (Å²) in [7, 11) is 0. The minimum atomic E-state index is 0.357. The third kappa shape index (κ3) is 1.48. The van der Waals surface area contributed by atoms with Gasteiger partial charge in [0.15, 0.2) is 0 Å². The normalized spacial score (nSPS) is 29.3. The van der Waals surface area contributed by atoms with E-state index in [4.69, 9.17) is 5.73 Å². The van der Waals surface area contributed by atoms with Gasteiger partial charge in [-0.05, 0) is 24.8 Å². The van der Waals surface area contributed by atoms with Crippen LogP contribution in [0.25, 0.3) is 0 Å². The Bertz CT molecular complexity index is 343. The van der Waals surface area contributed by atoms with Crippen molar-refractivity contribution in [3.8, 4) is 0 Å². The van der Waals surface area contributed by atoms with E-state index in [0.717, 1.165) is 13.0 Å². The largest absolute Gasteiger partial charge is 0.326 e. The Labute approximate surface area is 91.1 Å². The molecule has 2 N–H and O–H groups in total. The van der Waals surface area contributed by atoms with Crippen LogP contribution in [0.3, 0.4) is 0 Å². The van der Waals surface area contributed by atoms with Gasteiger partial charge in [0.05, 0.1) is 0 Å². The summed E-state index contributed by atoms with van der Waals surface area (Å²) in [4.78, 5) is 2.59. The predicted molar refractivity (Wildman–Crippen MR) is 61.5 cm³/mol. The van der Waals surface area contributed by atoms with Gasteiger partial charge in [-0.2, -0.15) is 0 Å². The molecule has 2 aliphatic rings. The quantitative estimate of drug-likeness (QED) is 0.791. The number of benzene rings is 1. The SMILES string of the molecule is NC1CCN(C2(c3ccccc3)CC2)C1. The lowest BCUT2D eigenvalue weighted by Crippen LogP contribution is -2.35. The zero-order valence-corrected chi connectivity index (χ0v) is 9.02. The smallest absolute Gasteiger partial charge is 0.0462 e. The lowest BCUT2D eigenvalue weighted by atomic mass is 10.0. The Hall–Kier alpha value is -0.860. The summed E-state index contributed by atoms with van der Waals surface area (Å²) in [5.41, 5.74) is 7.83. The van der Waals surface area contributed by atoms with Crippen LogP contribution >= 0.6 is 0 Å². The highest BCUT2D eigenvalue weighted by Gasteiger charge is 2.50. The molecule has 0 amide bonds. The van der Waals surface area contributed by atoms with Crippen molar-refractivity contribution in [3.63, 3.8) is 0 Å². The van der Waals surface area contributed by atoms with Crippen LogP contribution in [-0.2, 0) is 5.54 Å². The highest BCUT2D eigenvalue weighted by molar-refractivity contribution is 5.30. The van der Waals surface area contributed by atoms with Crippen LogP contribution in [0.1, 0.15) is 24.8 Å². The third-order valence-corrected chi connectivity index (χ3v) is 3.86. The van der Waals surface area contributed by atoms with Crippen LogP contribution in [-0.4, -0.2) is 24.0 Å². The molecule has 80 valence electrons. The van der Waals surface area contributed by atoms with Gasteiger partial charge in [0.2, 0.25) is 0 Å². The highest BCUT2D eigenvalue weighted by atomic mass is 15.3. The van der Waals surface area contributed by atoms with Gasteiger partial charge in [-0.1, -0.05) is 30.3 Å². The van der Waals surface area contributed by atoms with Crippen molar-refractivity contribution in [2.75, 3.05) is 13.1 Å². The van der Waals surface area contributed by atoms with Crippen molar-refractivity contribution in [2.24, 2.45) is 5.73 Å². The first kappa shape index (κ1) is 9.37. The Morgan fingerprint density at radius 1 is 1.20 bits per heavy atom. The first-order valence-corrected chi connectivity index (χ1v) is 5.87. The first-order chi connectivity index (χ1) is 7.31. The van der Waals surface area contributed by atoms with E-state index in [-0.39, 0.29) is 0 Å². The Balaban J connectivity index is 1.86. The maximum Gasteiger partial charge on any atom is 0.0462 e. The van der Waals surface area contributed by atoms with Gasteiger partial charge in [0.1, 0.15) is 0 Å². The van der Waals surface area contributed by atoms with E-state index in [0.29, 0.717) is 11.6 Å². The second-order valence-electron chi connectivity index (χ2n) is 4.89. The zero-order valence-electron chi connectivity index (χ0n) is 9.02. The first-order valence-electron chi connectivity index (χ1n) is 5.87. The molecule has 1 saturated heterocycles. The van der Waals surface area contributed by atoms with Gasteiger partial charge in [-0.15, -0.1) is 0 Å². The van der Waals surface area contributed by atoms with Crippen molar-refractivity contribution in [1.29, 1.82) is 0 Å². The molecule has 1 aliphatic heterocycles. The number of rotatable bonds is 2. The fraction of sp³-hybridized carbons (Fsp3) is 0.538. The Kier molecular flexibility index (Phi) is 2.08. The minimum Gasteiger partial charge on any atom is -0.326 e. The van der Waals surface area contributed by atoms with Crippen LogP contribution < -0.4 is 5.73 Å². The second kappa shape index (κ2) is 3.32. The lowest BCUT2D eigenvalue weighted by molar-refractivity contribution is 0.220. The molecule has 1 saturated carbocycles. The molecular formula is C13H18N2. The molecule has 1 aromatic carbocycles. The topological polar surface area (TPSA) is 29.3 Å². The van der Waals surface area contributed by atoms with Crippen LogP contribution in [0, 0.1) is 0 Å². The number of nitrogens with zero attached hydrogens (tertiary/aromatic N) is 1. The van der Waals surface area contributed by atoms with E-state index < -0.39 is 0 Å². The van der Waals surface area contributed by atoms with E-state index in [1.54, 1.807) is 0 Å². The lowest BCUT2D eigenvalue weighted by Gasteiger charge is -2.28. The average Bonchev–Trinajstić information content (AvgIpc) is 2.98. The summed E-state index contributed by atoms with van der Waals surface area (Å²) in [6, 6.07) is 11.3. The van der Waals surface area contributed by atoms with Crippen LogP contribution in [0.5, 0.6) is 0 Å². The summed E-state index contributed by atoms with van der Waals surface area (Å²) < 4.78 is 0. The second-order valence-corrected chi connectivity index (χ2v) is 4.89. The monoisotopic (exact) mass is 202 g/mol. The average molecular weight is 202 g/mol. The van der Waals surface area contributed by atoms with Gasteiger partial charge >= 0.3 is 0 Å². The standard InChI is InChI=1S/C13H18N2/c14-12-6-9-15(10-12)13(7-8-13)11-4-2-1-3-5-11/h1-5,12H,6-10,14H2. The summed E-state index contributed by atoms with van der Waals surface area (Å²) in [5.74, 6) is 0. The molecule has 1 unspecified atom stereocenters. The van der Waals surface area contributed by atoms with E-state index in [1.165, 1.54) is 24.9 Å². The molecule has 2 nitrogen and oxygen atoms in total. The van der Waals surface area contributed by atoms with Crippen molar-refractivity contribution < 1.29 is 0 Å². The molecule has 1 atom stereocenters. The van der Waals surface area contributed by atoms with E-state index in [1.807, 2.05) is 0 Å². The molecule has 1 aromatic rings. The maximum absolute atomic E-state index is 5.99. The number of hydrogen-bond donors (Lipinski definition) is 1. The third-order valence-electron chi connectivity index (χ3n) is 3.86. The summed E-state index contributed by atoms with van der Waals surface area (Å²) in [5, 5.41) is 0. The molecule has 2 fully saturated rings. The zero-order chi connectivity index (χ0) is 10.3. The minimum absolute atomic E-state index is 0.357. The molecule has 2 heteroatoms.